The Hall–Kier alpha value is -2.52. The van der Waals surface area contributed by atoms with Gasteiger partial charge in [0.15, 0.2) is 23.1 Å². The molecule has 4 nitrogen and oxygen atoms in total. The summed E-state index contributed by atoms with van der Waals surface area (Å²) in [6.07, 6.45) is -4.60. The van der Waals surface area contributed by atoms with Crippen molar-refractivity contribution in [1.82, 2.24) is 9.78 Å². The first-order valence-electron chi connectivity index (χ1n) is 6.14. The summed E-state index contributed by atoms with van der Waals surface area (Å²) in [5, 5.41) is 3.25. The van der Waals surface area contributed by atoms with E-state index in [4.69, 9.17) is 0 Å². The Balaban J connectivity index is 2.70. The van der Waals surface area contributed by atoms with Gasteiger partial charge in [-0.05, 0) is 19.1 Å². The average Bonchev–Trinajstić information content (AvgIpc) is 2.90. The largest absolute Gasteiger partial charge is 0.462 e. The van der Waals surface area contributed by atoms with Crippen molar-refractivity contribution >= 4 is 5.97 Å². The molecule has 0 spiro atoms. The summed E-state index contributed by atoms with van der Waals surface area (Å²) in [7, 11) is 0. The summed E-state index contributed by atoms with van der Waals surface area (Å²) in [6.45, 7) is 1.19. The number of rotatable bonds is 3. The van der Waals surface area contributed by atoms with Crippen molar-refractivity contribution in [3.05, 3.63) is 47.0 Å². The third kappa shape index (κ3) is 3.01. The fourth-order valence-electron chi connectivity index (χ4n) is 1.84. The van der Waals surface area contributed by atoms with E-state index in [9.17, 15) is 31.1 Å². The number of nitrogens with zero attached hydrogens (tertiary/aromatic N) is 2. The Morgan fingerprint density at radius 1 is 1.22 bits per heavy atom. The van der Waals surface area contributed by atoms with Crippen LogP contribution in [0.1, 0.15) is 23.0 Å². The van der Waals surface area contributed by atoms with Crippen LogP contribution in [0.2, 0.25) is 0 Å². The van der Waals surface area contributed by atoms with E-state index >= 15 is 0 Å². The second kappa shape index (κ2) is 5.94. The van der Waals surface area contributed by atoms with Crippen LogP contribution in [0.3, 0.4) is 0 Å². The zero-order valence-corrected chi connectivity index (χ0v) is 11.4. The van der Waals surface area contributed by atoms with Gasteiger partial charge in [0.05, 0.1) is 12.8 Å². The van der Waals surface area contributed by atoms with Gasteiger partial charge >= 0.3 is 12.1 Å². The topological polar surface area (TPSA) is 44.1 Å². The molecule has 23 heavy (non-hydrogen) atoms. The van der Waals surface area contributed by atoms with Gasteiger partial charge in [-0.3, -0.25) is 0 Å². The molecule has 0 bridgehead atoms. The number of esters is 1. The number of aromatic nitrogens is 2. The molecule has 0 unspecified atom stereocenters. The number of hydrogen-bond donors (Lipinski definition) is 0. The Kier molecular flexibility index (Phi) is 4.35. The maximum atomic E-state index is 13.7. The first-order valence-corrected chi connectivity index (χ1v) is 6.14. The molecule has 0 N–H and O–H groups in total. The minimum absolute atomic E-state index is 0.0237. The van der Waals surface area contributed by atoms with Gasteiger partial charge in [0.25, 0.3) is 0 Å². The van der Waals surface area contributed by atoms with Crippen LogP contribution in [0.5, 0.6) is 0 Å². The Morgan fingerprint density at radius 2 is 1.87 bits per heavy atom. The smallest absolute Gasteiger partial charge is 0.434 e. The van der Waals surface area contributed by atoms with Crippen LogP contribution >= 0.6 is 0 Å². The second-order valence-corrected chi connectivity index (χ2v) is 4.23. The van der Waals surface area contributed by atoms with Gasteiger partial charge in [-0.1, -0.05) is 0 Å². The van der Waals surface area contributed by atoms with Crippen molar-refractivity contribution in [2.24, 2.45) is 0 Å². The molecule has 1 aromatic carbocycles. The molecule has 1 heterocycles. The molecule has 0 atom stereocenters. The van der Waals surface area contributed by atoms with Crippen LogP contribution in [-0.2, 0) is 10.9 Å². The molecule has 2 aromatic rings. The average molecular weight is 338 g/mol. The fourth-order valence-corrected chi connectivity index (χ4v) is 1.84. The van der Waals surface area contributed by atoms with E-state index in [1.165, 1.54) is 6.92 Å². The quantitative estimate of drug-likeness (QED) is 0.489. The van der Waals surface area contributed by atoms with Gasteiger partial charge in [-0.2, -0.15) is 18.3 Å². The summed E-state index contributed by atoms with van der Waals surface area (Å²) >= 11 is 0. The lowest BCUT2D eigenvalue weighted by Crippen LogP contribution is -2.19. The van der Waals surface area contributed by atoms with Crippen molar-refractivity contribution in [3.8, 4) is 5.69 Å². The van der Waals surface area contributed by atoms with Gasteiger partial charge in [0.2, 0.25) is 0 Å². The number of benzene rings is 1. The lowest BCUT2D eigenvalue weighted by molar-refractivity contribution is -0.143. The molecule has 124 valence electrons. The Bertz CT molecular complexity index is 754. The highest BCUT2D eigenvalue weighted by Crippen LogP contribution is 2.34. The molecule has 0 amide bonds. The molecular formula is C13H8F6N2O2. The number of carbonyl (C=O) groups excluding carboxylic acids is 1. The summed E-state index contributed by atoms with van der Waals surface area (Å²) in [6, 6.07) is 1.02. The van der Waals surface area contributed by atoms with Crippen molar-refractivity contribution in [2.75, 3.05) is 6.61 Å². The van der Waals surface area contributed by atoms with Crippen molar-refractivity contribution in [2.45, 2.75) is 13.1 Å². The molecule has 0 fully saturated rings. The van der Waals surface area contributed by atoms with E-state index in [1.807, 2.05) is 0 Å². The minimum atomic E-state index is -5.12. The first kappa shape index (κ1) is 16.8. The van der Waals surface area contributed by atoms with E-state index in [-0.39, 0.29) is 11.3 Å². The Morgan fingerprint density at radius 3 is 2.43 bits per heavy atom. The maximum absolute atomic E-state index is 13.7. The van der Waals surface area contributed by atoms with Crippen LogP contribution in [0, 0.1) is 17.5 Å². The standard InChI is InChI=1S/C13H8F6N2O2/c1-2-23-12(22)6-5-20-21(11(6)13(17,18)19)8-4-3-7(14)9(15)10(8)16/h3-5H,2H2,1H3. The van der Waals surface area contributed by atoms with Gasteiger partial charge in [-0.15, -0.1) is 0 Å². The molecule has 0 aliphatic heterocycles. The second-order valence-electron chi connectivity index (χ2n) is 4.23. The first-order chi connectivity index (χ1) is 10.7. The lowest BCUT2D eigenvalue weighted by atomic mass is 10.2. The SMILES string of the molecule is CCOC(=O)c1cnn(-c2ccc(F)c(F)c2F)c1C(F)(F)F. The third-order valence-electron chi connectivity index (χ3n) is 2.78. The fraction of sp³-hybridized carbons (Fsp3) is 0.231. The highest BCUT2D eigenvalue weighted by molar-refractivity contribution is 5.90. The number of ether oxygens (including phenoxy) is 1. The van der Waals surface area contributed by atoms with E-state index in [0.29, 0.717) is 18.3 Å². The van der Waals surface area contributed by atoms with Crippen LogP contribution in [0.4, 0.5) is 26.3 Å². The van der Waals surface area contributed by atoms with Gasteiger partial charge in [0, 0.05) is 0 Å². The lowest BCUT2D eigenvalue weighted by Gasteiger charge is -2.13. The zero-order valence-electron chi connectivity index (χ0n) is 11.4. The number of hydrogen-bond acceptors (Lipinski definition) is 3. The van der Waals surface area contributed by atoms with Gasteiger partial charge in [0.1, 0.15) is 11.3 Å². The highest BCUT2D eigenvalue weighted by atomic mass is 19.4. The van der Waals surface area contributed by atoms with E-state index in [2.05, 4.69) is 9.84 Å². The monoisotopic (exact) mass is 338 g/mol. The van der Waals surface area contributed by atoms with E-state index in [1.54, 1.807) is 0 Å². The summed E-state index contributed by atoms with van der Waals surface area (Å²) < 4.78 is 83.8. The number of carbonyl (C=O) groups is 1. The molecule has 0 saturated carbocycles. The number of alkyl halides is 3. The van der Waals surface area contributed by atoms with Gasteiger partial charge < -0.3 is 4.74 Å². The summed E-state index contributed by atoms with van der Waals surface area (Å²) in [4.78, 5) is 11.6. The molecule has 1 aromatic heterocycles. The van der Waals surface area contributed by atoms with E-state index < -0.39 is 46.5 Å². The predicted octanol–water partition coefficient (Wildman–Crippen LogP) is 3.49. The predicted molar refractivity (Wildman–Crippen MR) is 64.4 cm³/mol. The summed E-state index contributed by atoms with van der Waals surface area (Å²) in [5.41, 5.74) is -3.61. The van der Waals surface area contributed by atoms with Crippen molar-refractivity contribution in [1.29, 1.82) is 0 Å². The van der Waals surface area contributed by atoms with Crippen LogP contribution in [0.15, 0.2) is 18.3 Å². The molecule has 0 aliphatic carbocycles. The Labute approximate surface area is 125 Å². The minimum Gasteiger partial charge on any atom is -0.462 e. The third-order valence-corrected chi connectivity index (χ3v) is 2.78. The normalized spacial score (nSPS) is 11.6. The molecule has 2 rings (SSSR count). The number of halogens is 6. The zero-order chi connectivity index (χ0) is 17.4. The molecule has 0 saturated heterocycles. The van der Waals surface area contributed by atoms with Crippen LogP contribution in [-0.4, -0.2) is 22.4 Å². The molecule has 10 heteroatoms. The molecule has 0 radical (unpaired) electrons. The molecular weight excluding hydrogens is 330 g/mol. The maximum Gasteiger partial charge on any atom is 0.434 e. The highest BCUT2D eigenvalue weighted by Gasteiger charge is 2.41. The van der Waals surface area contributed by atoms with Crippen molar-refractivity contribution < 1.29 is 35.9 Å². The van der Waals surface area contributed by atoms with Crippen LogP contribution in [0.25, 0.3) is 5.69 Å². The van der Waals surface area contributed by atoms with Crippen molar-refractivity contribution in [3.63, 3.8) is 0 Å². The molecule has 0 aliphatic rings. The van der Waals surface area contributed by atoms with E-state index in [0.717, 1.165) is 0 Å². The summed E-state index contributed by atoms with van der Waals surface area (Å²) in [5.74, 6) is -6.72. The van der Waals surface area contributed by atoms with Gasteiger partial charge in [-0.25, -0.2) is 22.6 Å². The van der Waals surface area contributed by atoms with Crippen LogP contribution < -0.4 is 0 Å².